The quantitative estimate of drug-likeness (QED) is 0.859. The van der Waals surface area contributed by atoms with Gasteiger partial charge >= 0.3 is 0 Å². The van der Waals surface area contributed by atoms with Gasteiger partial charge in [-0.05, 0) is 55.9 Å². The summed E-state index contributed by atoms with van der Waals surface area (Å²) in [7, 11) is -3.25. The van der Waals surface area contributed by atoms with Crippen molar-refractivity contribution in [1.29, 1.82) is 0 Å². The zero-order valence-electron chi connectivity index (χ0n) is 15.4. The molecular formula is C21H24N2O3S. The van der Waals surface area contributed by atoms with Gasteiger partial charge in [0.15, 0.2) is 0 Å². The molecule has 1 aliphatic heterocycles. The van der Waals surface area contributed by atoms with Crippen LogP contribution < -0.4 is 9.62 Å². The van der Waals surface area contributed by atoms with E-state index in [0.29, 0.717) is 30.1 Å². The minimum absolute atomic E-state index is 0.00252. The lowest BCUT2D eigenvalue weighted by molar-refractivity contribution is 0.0931. The molecule has 1 amide bonds. The Hall–Kier alpha value is -2.34. The van der Waals surface area contributed by atoms with Crippen LogP contribution in [0.1, 0.15) is 46.8 Å². The van der Waals surface area contributed by atoms with Crippen LogP contribution in [-0.4, -0.2) is 26.6 Å². The number of aryl methyl sites for hydroxylation is 1. The van der Waals surface area contributed by atoms with Crippen molar-refractivity contribution in [2.75, 3.05) is 16.6 Å². The molecule has 1 unspecified atom stereocenters. The van der Waals surface area contributed by atoms with E-state index in [1.54, 1.807) is 24.3 Å². The first-order valence-corrected chi connectivity index (χ1v) is 11.0. The van der Waals surface area contributed by atoms with E-state index in [2.05, 4.69) is 29.6 Å². The van der Waals surface area contributed by atoms with Gasteiger partial charge in [0.05, 0.1) is 17.5 Å². The zero-order valence-corrected chi connectivity index (χ0v) is 16.2. The van der Waals surface area contributed by atoms with E-state index in [9.17, 15) is 13.2 Å². The highest BCUT2D eigenvalue weighted by molar-refractivity contribution is 7.93. The monoisotopic (exact) mass is 384 g/mol. The lowest BCUT2D eigenvalue weighted by atomic mass is 10.0. The smallest absolute Gasteiger partial charge is 0.251 e. The topological polar surface area (TPSA) is 66.5 Å². The van der Waals surface area contributed by atoms with Gasteiger partial charge < -0.3 is 5.32 Å². The Morgan fingerprint density at radius 3 is 2.52 bits per heavy atom. The van der Waals surface area contributed by atoms with E-state index in [-0.39, 0.29) is 17.7 Å². The second kappa shape index (κ2) is 7.00. The minimum atomic E-state index is -3.25. The number of amides is 1. The van der Waals surface area contributed by atoms with Crippen LogP contribution in [0.5, 0.6) is 0 Å². The Kier molecular flexibility index (Phi) is 4.68. The number of rotatable bonds is 5. The van der Waals surface area contributed by atoms with E-state index >= 15 is 0 Å². The standard InChI is InChI=1S/C21H24N2O3S/c1-15-6-8-16(9-7-15)20(17-10-11-17)22-21(24)18-4-2-5-19(14-18)23-12-3-13-27(23,25)26/h2,4-9,14,17,20H,3,10-13H2,1H3,(H,22,24). The molecule has 0 bridgehead atoms. The van der Waals surface area contributed by atoms with Crippen molar-refractivity contribution in [1.82, 2.24) is 5.32 Å². The largest absolute Gasteiger partial charge is 0.345 e. The molecule has 2 aromatic rings. The van der Waals surface area contributed by atoms with Crippen molar-refractivity contribution >= 4 is 21.6 Å². The van der Waals surface area contributed by atoms with E-state index in [1.165, 1.54) is 9.87 Å². The maximum atomic E-state index is 12.9. The van der Waals surface area contributed by atoms with Crippen molar-refractivity contribution in [2.45, 2.75) is 32.2 Å². The zero-order chi connectivity index (χ0) is 19.0. The molecular weight excluding hydrogens is 360 g/mol. The maximum absolute atomic E-state index is 12.9. The summed E-state index contributed by atoms with van der Waals surface area (Å²) in [5.41, 5.74) is 3.37. The molecule has 2 aliphatic rings. The van der Waals surface area contributed by atoms with Crippen LogP contribution in [0.15, 0.2) is 48.5 Å². The molecule has 27 heavy (non-hydrogen) atoms. The average Bonchev–Trinajstić information content (AvgIpc) is 3.43. The molecule has 0 aromatic heterocycles. The molecule has 1 aliphatic carbocycles. The molecule has 1 heterocycles. The summed E-state index contributed by atoms with van der Waals surface area (Å²) in [5.74, 6) is 0.477. The predicted molar refractivity (Wildman–Crippen MR) is 106 cm³/mol. The molecule has 1 N–H and O–H groups in total. The van der Waals surface area contributed by atoms with Gasteiger partial charge in [0.1, 0.15) is 0 Å². The Morgan fingerprint density at radius 2 is 1.89 bits per heavy atom. The molecule has 1 atom stereocenters. The second-order valence-electron chi connectivity index (χ2n) is 7.49. The minimum Gasteiger partial charge on any atom is -0.345 e. The molecule has 1 saturated heterocycles. The van der Waals surface area contributed by atoms with Crippen LogP contribution in [0, 0.1) is 12.8 Å². The molecule has 0 radical (unpaired) electrons. The van der Waals surface area contributed by atoms with Gasteiger partial charge in [-0.1, -0.05) is 35.9 Å². The highest BCUT2D eigenvalue weighted by Gasteiger charge is 2.34. The van der Waals surface area contributed by atoms with E-state index in [0.717, 1.165) is 18.4 Å². The van der Waals surface area contributed by atoms with Crippen LogP contribution in [0.25, 0.3) is 0 Å². The number of sulfonamides is 1. The van der Waals surface area contributed by atoms with Crippen LogP contribution in [0.2, 0.25) is 0 Å². The summed E-state index contributed by atoms with van der Waals surface area (Å²) in [6, 6.07) is 15.2. The molecule has 2 aromatic carbocycles. The van der Waals surface area contributed by atoms with Crippen LogP contribution in [0.4, 0.5) is 5.69 Å². The third kappa shape index (κ3) is 3.86. The molecule has 4 rings (SSSR count). The first kappa shape index (κ1) is 18.0. The van der Waals surface area contributed by atoms with Gasteiger partial charge in [0.25, 0.3) is 5.91 Å². The van der Waals surface area contributed by atoms with Crippen LogP contribution >= 0.6 is 0 Å². The molecule has 0 spiro atoms. The highest BCUT2D eigenvalue weighted by Crippen LogP contribution is 2.41. The van der Waals surface area contributed by atoms with Crippen molar-refractivity contribution in [3.8, 4) is 0 Å². The van der Waals surface area contributed by atoms with Crippen molar-refractivity contribution < 1.29 is 13.2 Å². The Morgan fingerprint density at radius 1 is 1.15 bits per heavy atom. The number of carbonyl (C=O) groups excluding carboxylic acids is 1. The van der Waals surface area contributed by atoms with Gasteiger partial charge in [0.2, 0.25) is 10.0 Å². The molecule has 5 nitrogen and oxygen atoms in total. The van der Waals surface area contributed by atoms with Crippen LogP contribution in [0.3, 0.4) is 0 Å². The SMILES string of the molecule is Cc1ccc(C(NC(=O)c2cccc(N3CCCS3(=O)=O)c2)C2CC2)cc1. The van der Waals surface area contributed by atoms with Gasteiger partial charge in [0, 0.05) is 12.1 Å². The third-order valence-corrected chi connectivity index (χ3v) is 7.18. The number of anilines is 1. The summed E-state index contributed by atoms with van der Waals surface area (Å²) in [6.07, 6.45) is 2.85. The Labute approximate surface area is 160 Å². The van der Waals surface area contributed by atoms with Gasteiger partial charge in [-0.3, -0.25) is 9.10 Å². The molecule has 142 valence electrons. The summed E-state index contributed by atoms with van der Waals surface area (Å²) in [5, 5.41) is 3.16. The van der Waals surface area contributed by atoms with Crippen LogP contribution in [-0.2, 0) is 10.0 Å². The summed E-state index contributed by atoms with van der Waals surface area (Å²) >= 11 is 0. The molecule has 2 fully saturated rings. The normalized spacial score (nSPS) is 19.7. The second-order valence-corrected chi connectivity index (χ2v) is 9.50. The fourth-order valence-electron chi connectivity index (χ4n) is 3.63. The Bertz CT molecular complexity index is 950. The number of nitrogens with zero attached hydrogens (tertiary/aromatic N) is 1. The molecule has 6 heteroatoms. The van der Waals surface area contributed by atoms with Crippen molar-refractivity contribution in [3.63, 3.8) is 0 Å². The summed E-state index contributed by atoms with van der Waals surface area (Å²) in [4.78, 5) is 12.9. The van der Waals surface area contributed by atoms with Crippen molar-refractivity contribution in [3.05, 3.63) is 65.2 Å². The number of hydrogen-bond donors (Lipinski definition) is 1. The van der Waals surface area contributed by atoms with Gasteiger partial charge in [-0.25, -0.2) is 8.42 Å². The van der Waals surface area contributed by atoms with E-state index in [1.807, 2.05) is 6.92 Å². The third-order valence-electron chi connectivity index (χ3n) is 5.31. The first-order valence-electron chi connectivity index (χ1n) is 9.42. The Balaban J connectivity index is 1.55. The number of nitrogens with one attached hydrogen (secondary N) is 1. The maximum Gasteiger partial charge on any atom is 0.251 e. The molecule has 1 saturated carbocycles. The fourth-order valence-corrected chi connectivity index (χ4v) is 5.19. The summed E-state index contributed by atoms with van der Waals surface area (Å²) < 4.78 is 25.7. The van der Waals surface area contributed by atoms with Gasteiger partial charge in [-0.15, -0.1) is 0 Å². The lowest BCUT2D eigenvalue weighted by Gasteiger charge is -2.20. The van der Waals surface area contributed by atoms with E-state index < -0.39 is 10.0 Å². The lowest BCUT2D eigenvalue weighted by Crippen LogP contribution is -2.30. The number of carbonyl (C=O) groups is 1. The summed E-state index contributed by atoms with van der Waals surface area (Å²) in [6.45, 7) is 2.52. The predicted octanol–water partition coefficient (Wildman–Crippen LogP) is 3.42. The first-order chi connectivity index (χ1) is 12.9. The number of hydrogen-bond acceptors (Lipinski definition) is 3. The fraction of sp³-hybridized carbons (Fsp3) is 0.381. The number of benzene rings is 2. The van der Waals surface area contributed by atoms with Gasteiger partial charge in [-0.2, -0.15) is 0 Å². The van der Waals surface area contributed by atoms with E-state index in [4.69, 9.17) is 0 Å². The van der Waals surface area contributed by atoms with Crippen molar-refractivity contribution in [2.24, 2.45) is 5.92 Å². The average molecular weight is 385 g/mol. The highest BCUT2D eigenvalue weighted by atomic mass is 32.2.